The molecule has 0 amide bonds. The number of morpholine rings is 1. The molecule has 4 nitrogen and oxygen atoms in total. The van der Waals surface area contributed by atoms with Gasteiger partial charge in [-0.1, -0.05) is 0 Å². The molecule has 0 aromatic heterocycles. The molecule has 0 bridgehead atoms. The van der Waals surface area contributed by atoms with Gasteiger partial charge in [-0.2, -0.15) is 0 Å². The van der Waals surface area contributed by atoms with E-state index in [1.165, 1.54) is 6.07 Å². The Kier molecular flexibility index (Phi) is 4.20. The third-order valence-electron chi connectivity index (χ3n) is 2.31. The molecular weight excluding hydrogens is 218 g/mol. The van der Waals surface area contributed by atoms with E-state index in [0.717, 1.165) is 12.1 Å². The molecule has 0 aliphatic carbocycles. The van der Waals surface area contributed by atoms with Gasteiger partial charge < -0.3 is 20.3 Å². The fourth-order valence-corrected chi connectivity index (χ4v) is 1.59. The Bertz CT molecular complexity index is 326. The Hall–Kier alpha value is -0.970. The molecule has 3 N–H and O–H groups in total. The molecule has 1 aliphatic heterocycles. The van der Waals surface area contributed by atoms with Gasteiger partial charge in [-0.3, -0.25) is 0 Å². The van der Waals surface area contributed by atoms with Gasteiger partial charge in [-0.15, -0.1) is 12.4 Å². The molecule has 1 aliphatic rings. The van der Waals surface area contributed by atoms with E-state index >= 15 is 0 Å². The maximum Gasteiger partial charge on any atom is 0.124 e. The van der Waals surface area contributed by atoms with Crippen LogP contribution in [0.3, 0.4) is 0 Å². The zero-order chi connectivity index (χ0) is 9.97. The minimum Gasteiger partial charge on any atom is -0.508 e. The lowest BCUT2D eigenvalue weighted by molar-refractivity contribution is 0.0760. The summed E-state index contributed by atoms with van der Waals surface area (Å²) in [4.78, 5) is 0. The predicted octanol–water partition coefficient (Wildman–Crippen LogP) is 1.18. The molecule has 1 saturated heterocycles. The Morgan fingerprint density at radius 1 is 1.33 bits per heavy atom. The first-order valence-electron chi connectivity index (χ1n) is 4.60. The summed E-state index contributed by atoms with van der Waals surface area (Å²) in [5, 5.41) is 21.9. The number of hydrogen-bond acceptors (Lipinski definition) is 4. The van der Waals surface area contributed by atoms with E-state index in [4.69, 9.17) is 9.84 Å². The average Bonchev–Trinajstić information content (AvgIpc) is 2.19. The summed E-state index contributed by atoms with van der Waals surface area (Å²) in [6.45, 7) is 2.04. The van der Waals surface area contributed by atoms with E-state index in [9.17, 15) is 5.11 Å². The maximum absolute atomic E-state index is 9.59. The van der Waals surface area contributed by atoms with E-state index in [-0.39, 0.29) is 29.9 Å². The zero-order valence-corrected chi connectivity index (χ0v) is 8.96. The third-order valence-corrected chi connectivity index (χ3v) is 2.31. The number of phenolic OH excluding ortho intramolecular Hbond substituents is 2. The van der Waals surface area contributed by atoms with Crippen molar-refractivity contribution in [3.05, 3.63) is 23.8 Å². The van der Waals surface area contributed by atoms with Gasteiger partial charge in [-0.05, 0) is 12.1 Å². The van der Waals surface area contributed by atoms with E-state index in [1.807, 2.05) is 0 Å². The highest BCUT2D eigenvalue weighted by Crippen LogP contribution is 2.28. The first-order chi connectivity index (χ1) is 6.77. The Balaban J connectivity index is 0.00000112. The molecule has 5 heteroatoms. The van der Waals surface area contributed by atoms with Crippen molar-refractivity contribution in [2.24, 2.45) is 0 Å². The summed E-state index contributed by atoms with van der Waals surface area (Å²) in [5.41, 5.74) is 0.766. The predicted molar refractivity (Wildman–Crippen MR) is 58.6 cm³/mol. The zero-order valence-electron chi connectivity index (χ0n) is 8.14. The van der Waals surface area contributed by atoms with E-state index in [1.54, 1.807) is 12.1 Å². The molecule has 1 aromatic rings. The van der Waals surface area contributed by atoms with Crippen molar-refractivity contribution < 1.29 is 14.9 Å². The second-order valence-electron chi connectivity index (χ2n) is 3.32. The monoisotopic (exact) mass is 231 g/mol. The number of phenols is 2. The third kappa shape index (κ3) is 2.75. The Morgan fingerprint density at radius 3 is 2.73 bits per heavy atom. The molecule has 1 aromatic carbocycles. The van der Waals surface area contributed by atoms with Gasteiger partial charge in [0.05, 0.1) is 19.3 Å². The summed E-state index contributed by atoms with van der Waals surface area (Å²) in [7, 11) is 0. The van der Waals surface area contributed by atoms with Gasteiger partial charge >= 0.3 is 0 Å². The van der Waals surface area contributed by atoms with Crippen LogP contribution in [0.5, 0.6) is 11.5 Å². The second-order valence-corrected chi connectivity index (χ2v) is 3.32. The molecule has 84 valence electrons. The van der Waals surface area contributed by atoms with Crippen molar-refractivity contribution in [1.29, 1.82) is 0 Å². The number of rotatable bonds is 1. The number of nitrogens with one attached hydrogen (secondary N) is 1. The fourth-order valence-electron chi connectivity index (χ4n) is 1.59. The molecule has 1 atom stereocenters. The van der Waals surface area contributed by atoms with Gasteiger partial charge in [0, 0.05) is 18.2 Å². The van der Waals surface area contributed by atoms with Gasteiger partial charge in [0.25, 0.3) is 0 Å². The quantitative estimate of drug-likeness (QED) is 0.679. The maximum atomic E-state index is 9.59. The first-order valence-corrected chi connectivity index (χ1v) is 4.60. The van der Waals surface area contributed by atoms with Crippen LogP contribution in [0.4, 0.5) is 0 Å². The molecule has 1 fully saturated rings. The van der Waals surface area contributed by atoms with Crippen LogP contribution in [-0.2, 0) is 4.74 Å². The number of benzene rings is 1. The number of aromatic hydroxyl groups is 2. The van der Waals surface area contributed by atoms with Crippen LogP contribution in [-0.4, -0.2) is 30.0 Å². The van der Waals surface area contributed by atoms with Crippen molar-refractivity contribution in [1.82, 2.24) is 5.32 Å². The molecule has 1 heterocycles. The summed E-state index contributed by atoms with van der Waals surface area (Å²) in [6.07, 6.45) is 0. The SMILES string of the molecule is Cl.Oc1ccc([C@@H]2COCCN2)c(O)c1. The number of hydrogen-bond donors (Lipinski definition) is 3. The second kappa shape index (κ2) is 5.21. The molecular formula is C10H14ClNO3. The van der Waals surface area contributed by atoms with Crippen molar-refractivity contribution in [3.63, 3.8) is 0 Å². The standard InChI is InChI=1S/C10H13NO3.ClH/c12-7-1-2-8(10(13)5-7)9-6-14-4-3-11-9;/h1-2,5,9,11-13H,3-4,6H2;1H/t9-;/m0./s1. The lowest BCUT2D eigenvalue weighted by atomic mass is 10.1. The van der Waals surface area contributed by atoms with Gasteiger partial charge in [0.2, 0.25) is 0 Å². The Morgan fingerprint density at radius 2 is 2.13 bits per heavy atom. The molecule has 0 unspecified atom stereocenters. The number of halogens is 1. The fraction of sp³-hybridized carbons (Fsp3) is 0.400. The van der Waals surface area contributed by atoms with Crippen LogP contribution < -0.4 is 5.32 Å². The van der Waals surface area contributed by atoms with Crippen LogP contribution in [0.15, 0.2) is 18.2 Å². The van der Waals surface area contributed by atoms with Crippen LogP contribution in [0.1, 0.15) is 11.6 Å². The van der Waals surface area contributed by atoms with Crippen LogP contribution in [0.25, 0.3) is 0 Å². The summed E-state index contributed by atoms with van der Waals surface area (Å²) in [5.74, 6) is 0.177. The highest BCUT2D eigenvalue weighted by Gasteiger charge is 2.18. The normalized spacial score (nSPS) is 20.7. The van der Waals surface area contributed by atoms with Crippen LogP contribution in [0.2, 0.25) is 0 Å². The Labute approximate surface area is 94.3 Å². The van der Waals surface area contributed by atoms with Crippen molar-refractivity contribution in [2.45, 2.75) is 6.04 Å². The first kappa shape index (κ1) is 12.1. The lowest BCUT2D eigenvalue weighted by Crippen LogP contribution is -2.34. The van der Waals surface area contributed by atoms with Crippen LogP contribution in [0, 0.1) is 0 Å². The minimum absolute atomic E-state index is 0. The van der Waals surface area contributed by atoms with Gasteiger partial charge in [0.15, 0.2) is 0 Å². The van der Waals surface area contributed by atoms with E-state index in [2.05, 4.69) is 5.32 Å². The lowest BCUT2D eigenvalue weighted by Gasteiger charge is -2.24. The van der Waals surface area contributed by atoms with Crippen molar-refractivity contribution in [2.75, 3.05) is 19.8 Å². The molecule has 15 heavy (non-hydrogen) atoms. The van der Waals surface area contributed by atoms with Crippen molar-refractivity contribution in [3.8, 4) is 11.5 Å². The summed E-state index contributed by atoms with van der Waals surface area (Å²) in [6, 6.07) is 4.62. The smallest absolute Gasteiger partial charge is 0.124 e. The van der Waals surface area contributed by atoms with E-state index in [0.29, 0.717) is 13.2 Å². The average molecular weight is 232 g/mol. The summed E-state index contributed by atoms with van der Waals surface area (Å²) < 4.78 is 5.29. The number of ether oxygens (including phenoxy) is 1. The minimum atomic E-state index is 0. The van der Waals surface area contributed by atoms with Gasteiger partial charge in [-0.25, -0.2) is 0 Å². The molecule has 2 rings (SSSR count). The molecule has 0 radical (unpaired) electrons. The summed E-state index contributed by atoms with van der Waals surface area (Å²) >= 11 is 0. The highest BCUT2D eigenvalue weighted by molar-refractivity contribution is 5.85. The van der Waals surface area contributed by atoms with Crippen molar-refractivity contribution >= 4 is 12.4 Å². The highest BCUT2D eigenvalue weighted by atomic mass is 35.5. The largest absolute Gasteiger partial charge is 0.508 e. The van der Waals surface area contributed by atoms with Crippen LogP contribution >= 0.6 is 12.4 Å². The molecule has 0 spiro atoms. The van der Waals surface area contributed by atoms with Gasteiger partial charge in [0.1, 0.15) is 11.5 Å². The van der Waals surface area contributed by atoms with E-state index < -0.39 is 0 Å². The topological polar surface area (TPSA) is 61.7 Å². The molecule has 0 saturated carbocycles.